The smallest absolute Gasteiger partial charge is 0.229 e. The average Bonchev–Trinajstić information content (AvgIpc) is 3.45. The van der Waals surface area contributed by atoms with Gasteiger partial charge in [-0.1, -0.05) is 28.9 Å². The van der Waals surface area contributed by atoms with Gasteiger partial charge in [-0.3, -0.25) is 4.99 Å². The molecule has 0 amide bonds. The number of rotatable bonds is 16. The molecule has 0 aromatic heterocycles. The fourth-order valence-corrected chi connectivity index (χ4v) is 7.11. The SMILES string of the molecule is CC(C)=CCC/C(C)=C/CC/C(C)=C/C=N\CC1OC(OC2C(N)CC(N)C(O)C2OC2O/C(=C/O)C(OC3OC(CN)C(O)C(O)C3N)C2O)CC(O)C1O. The summed E-state index contributed by atoms with van der Waals surface area (Å²) in [5, 5.41) is 74.4. The van der Waals surface area contributed by atoms with Crippen molar-refractivity contribution in [1.82, 2.24) is 0 Å². The lowest BCUT2D eigenvalue weighted by atomic mass is 9.84. The number of hydrogen-bond donors (Lipinski definition) is 11. The van der Waals surface area contributed by atoms with E-state index in [9.17, 15) is 35.7 Å². The van der Waals surface area contributed by atoms with E-state index in [4.69, 9.17) is 51.4 Å². The highest BCUT2D eigenvalue weighted by atomic mass is 16.8. The van der Waals surface area contributed by atoms with E-state index in [0.717, 1.165) is 31.3 Å². The van der Waals surface area contributed by atoms with Crippen molar-refractivity contribution in [2.45, 2.75) is 170 Å². The Morgan fingerprint density at radius 2 is 1.45 bits per heavy atom. The molecule has 18 nitrogen and oxygen atoms in total. The Labute approximate surface area is 328 Å². The molecular weight excluding hydrogens is 734 g/mol. The van der Waals surface area contributed by atoms with Crippen molar-refractivity contribution in [2.24, 2.45) is 27.9 Å². The number of ether oxygens (including phenoxy) is 6. The number of aliphatic hydroxyl groups is 7. The molecule has 0 bridgehead atoms. The fraction of sp³-hybridized carbons (Fsp3) is 0.763. The molecule has 0 aromatic rings. The van der Waals surface area contributed by atoms with Crippen LogP contribution in [0.3, 0.4) is 0 Å². The number of aliphatic imine (C=N–C) groups is 1. The van der Waals surface area contributed by atoms with Gasteiger partial charge < -0.3 is 87.1 Å². The quantitative estimate of drug-likeness (QED) is 0.0493. The summed E-state index contributed by atoms with van der Waals surface area (Å²) in [4.78, 5) is 4.40. The van der Waals surface area contributed by atoms with Gasteiger partial charge in [0.2, 0.25) is 6.29 Å². The van der Waals surface area contributed by atoms with Crippen LogP contribution in [0.1, 0.15) is 66.2 Å². The van der Waals surface area contributed by atoms with Crippen LogP contribution in [-0.4, -0.2) is 159 Å². The van der Waals surface area contributed by atoms with Crippen LogP contribution < -0.4 is 22.9 Å². The van der Waals surface area contributed by atoms with Crippen molar-refractivity contribution in [3.05, 3.63) is 47.0 Å². The Morgan fingerprint density at radius 3 is 2.12 bits per heavy atom. The fourth-order valence-electron chi connectivity index (χ4n) is 7.11. The lowest BCUT2D eigenvalue weighted by Crippen LogP contribution is -2.65. The van der Waals surface area contributed by atoms with E-state index < -0.39 is 104 Å². The Hall–Kier alpha value is -2.37. The molecule has 0 aromatic carbocycles. The molecule has 320 valence electrons. The van der Waals surface area contributed by atoms with Gasteiger partial charge in [0.1, 0.15) is 55.1 Å². The number of hydrogen-bond acceptors (Lipinski definition) is 18. The van der Waals surface area contributed by atoms with Gasteiger partial charge in [-0.05, 0) is 65.9 Å². The summed E-state index contributed by atoms with van der Waals surface area (Å²) in [5.74, 6) is -0.293. The Bertz CT molecular complexity index is 1390. The molecule has 17 unspecified atom stereocenters. The standard InChI is InChI=1S/C38H65N5O13/c1-18(2)7-5-8-19(3)9-6-10-20(4)11-12-43-16-25-30(47)23(45)14-27(51-25)54-34-22(41)13-21(40)29(46)36(34)56-38-33(50)35(26(17-44)53-38)55-37-28(42)32(49)31(48)24(15-39)52-37/h7,9,11-12,17,21-25,27-38,44-50H,5-6,8,10,13-16,39-42H2,1-4H3/b19-9+,20-11+,26-17+,43-12-. The molecule has 1 aliphatic carbocycles. The van der Waals surface area contributed by atoms with Crippen molar-refractivity contribution in [3.63, 3.8) is 0 Å². The minimum absolute atomic E-state index is 0.0194. The van der Waals surface area contributed by atoms with E-state index in [-0.39, 0.29) is 31.7 Å². The zero-order chi connectivity index (χ0) is 41.3. The summed E-state index contributed by atoms with van der Waals surface area (Å²) in [6.07, 6.45) is -5.94. The third-order valence-corrected chi connectivity index (χ3v) is 10.6. The first-order valence-corrected chi connectivity index (χ1v) is 19.3. The highest BCUT2D eigenvalue weighted by molar-refractivity contribution is 5.72. The lowest BCUT2D eigenvalue weighted by Gasteiger charge is -2.45. The number of nitrogens with zero attached hydrogens (tertiary/aromatic N) is 1. The van der Waals surface area contributed by atoms with Gasteiger partial charge in [0.15, 0.2) is 24.4 Å². The molecular formula is C38H65N5O13. The van der Waals surface area contributed by atoms with Crippen molar-refractivity contribution >= 4 is 6.21 Å². The molecule has 3 saturated heterocycles. The third kappa shape index (κ3) is 12.1. The van der Waals surface area contributed by atoms with Gasteiger partial charge in [0.05, 0.1) is 24.8 Å². The lowest BCUT2D eigenvalue weighted by molar-refractivity contribution is -0.300. The van der Waals surface area contributed by atoms with E-state index in [1.54, 1.807) is 6.21 Å². The summed E-state index contributed by atoms with van der Waals surface area (Å²) in [7, 11) is 0. The van der Waals surface area contributed by atoms with Gasteiger partial charge in [-0.15, -0.1) is 0 Å². The van der Waals surface area contributed by atoms with Crippen molar-refractivity contribution < 1.29 is 64.2 Å². The van der Waals surface area contributed by atoms with Crippen molar-refractivity contribution in [3.8, 4) is 0 Å². The zero-order valence-corrected chi connectivity index (χ0v) is 32.7. The van der Waals surface area contributed by atoms with Crippen LogP contribution in [0, 0.1) is 0 Å². The number of allylic oxidation sites excluding steroid dienone is 6. The first kappa shape index (κ1) is 46.3. The average molecular weight is 800 g/mol. The van der Waals surface area contributed by atoms with Gasteiger partial charge in [-0.2, -0.15) is 0 Å². The molecule has 56 heavy (non-hydrogen) atoms. The molecule has 0 radical (unpaired) electrons. The van der Waals surface area contributed by atoms with Crippen LogP contribution in [0.4, 0.5) is 0 Å². The summed E-state index contributed by atoms with van der Waals surface area (Å²) in [6.45, 7) is 8.20. The Kier molecular flexibility index (Phi) is 17.8. The zero-order valence-electron chi connectivity index (χ0n) is 32.7. The predicted molar refractivity (Wildman–Crippen MR) is 205 cm³/mol. The summed E-state index contributed by atoms with van der Waals surface area (Å²) < 4.78 is 35.4. The first-order valence-electron chi connectivity index (χ1n) is 19.3. The van der Waals surface area contributed by atoms with Crippen molar-refractivity contribution in [2.75, 3.05) is 13.1 Å². The Morgan fingerprint density at radius 1 is 0.750 bits per heavy atom. The molecule has 1 saturated carbocycles. The summed E-state index contributed by atoms with van der Waals surface area (Å²) >= 11 is 0. The first-order chi connectivity index (χ1) is 26.6. The number of nitrogens with two attached hydrogens (primary N) is 4. The molecule has 4 aliphatic rings. The second-order valence-electron chi connectivity index (χ2n) is 15.5. The van der Waals surface area contributed by atoms with Crippen LogP contribution >= 0.6 is 0 Å². The topological polar surface area (TPSA) is 313 Å². The molecule has 15 N–H and O–H groups in total. The van der Waals surface area contributed by atoms with Crippen LogP contribution in [-0.2, 0) is 28.4 Å². The highest BCUT2D eigenvalue weighted by Gasteiger charge is 2.53. The van der Waals surface area contributed by atoms with Crippen LogP contribution in [0.25, 0.3) is 0 Å². The van der Waals surface area contributed by atoms with Crippen LogP contribution in [0.2, 0.25) is 0 Å². The maximum Gasteiger partial charge on any atom is 0.229 e. The second kappa shape index (κ2) is 21.6. The summed E-state index contributed by atoms with van der Waals surface area (Å²) in [6, 6.07) is -2.95. The van der Waals surface area contributed by atoms with Gasteiger partial charge in [-0.25, -0.2) is 0 Å². The van der Waals surface area contributed by atoms with E-state index >= 15 is 0 Å². The maximum atomic E-state index is 11.3. The molecule has 18 heteroatoms. The monoisotopic (exact) mass is 799 g/mol. The largest absolute Gasteiger partial charge is 0.512 e. The maximum absolute atomic E-state index is 11.3. The minimum atomic E-state index is -1.66. The second-order valence-corrected chi connectivity index (χ2v) is 15.5. The normalized spacial score (nSPS) is 42.0. The van der Waals surface area contributed by atoms with Crippen LogP contribution in [0.5, 0.6) is 0 Å². The molecule has 4 rings (SSSR count). The van der Waals surface area contributed by atoms with E-state index in [2.05, 4.69) is 37.9 Å². The predicted octanol–water partition coefficient (Wildman–Crippen LogP) is -1.26. The third-order valence-electron chi connectivity index (χ3n) is 10.6. The molecule has 0 spiro atoms. The van der Waals surface area contributed by atoms with Crippen LogP contribution in [0.15, 0.2) is 52.0 Å². The Balaban J connectivity index is 1.37. The van der Waals surface area contributed by atoms with Gasteiger partial charge in [0.25, 0.3) is 0 Å². The van der Waals surface area contributed by atoms with E-state index in [1.807, 2.05) is 13.0 Å². The minimum Gasteiger partial charge on any atom is -0.512 e. The summed E-state index contributed by atoms with van der Waals surface area (Å²) in [5.41, 5.74) is 28.1. The van der Waals surface area contributed by atoms with Crippen molar-refractivity contribution in [1.29, 1.82) is 0 Å². The molecule has 17 atom stereocenters. The van der Waals surface area contributed by atoms with E-state index in [0.29, 0.717) is 6.26 Å². The van der Waals surface area contributed by atoms with Gasteiger partial charge in [0, 0.05) is 31.3 Å². The molecule has 3 heterocycles. The van der Waals surface area contributed by atoms with E-state index in [1.165, 1.54) is 11.1 Å². The molecule has 4 fully saturated rings. The molecule has 3 aliphatic heterocycles. The van der Waals surface area contributed by atoms with Gasteiger partial charge >= 0.3 is 0 Å². The number of aliphatic hydroxyl groups excluding tert-OH is 7. The highest BCUT2D eigenvalue weighted by Crippen LogP contribution is 2.35.